The number of sulfonamides is 1. The highest BCUT2D eigenvalue weighted by Gasteiger charge is 2.23. The van der Waals surface area contributed by atoms with Crippen molar-refractivity contribution in [2.45, 2.75) is 24.8 Å². The number of rotatable bonds is 6. The quantitative estimate of drug-likeness (QED) is 0.371. The van der Waals surface area contributed by atoms with Gasteiger partial charge in [-0.05, 0) is 44.2 Å². The summed E-state index contributed by atoms with van der Waals surface area (Å²) < 4.78 is 56.4. The molecule has 0 aliphatic rings. The lowest BCUT2D eigenvalue weighted by molar-refractivity contribution is 0.104. The zero-order valence-electron chi connectivity index (χ0n) is 17.9. The molecule has 2 aromatic heterocycles. The molecule has 3 N–H and O–H groups in total. The molecule has 0 radical (unpaired) electrons. The molecule has 0 aliphatic carbocycles. The van der Waals surface area contributed by atoms with Gasteiger partial charge in [-0.1, -0.05) is 11.6 Å². The molecular weight excluding hydrogens is 488 g/mol. The van der Waals surface area contributed by atoms with Gasteiger partial charge in [0, 0.05) is 23.9 Å². The zero-order chi connectivity index (χ0) is 24.8. The number of carbonyl (C=O) groups is 1. The molecule has 12 heteroatoms. The van der Waals surface area contributed by atoms with E-state index in [0.717, 1.165) is 0 Å². The maximum Gasteiger partial charge on any atom is 0.262 e. The van der Waals surface area contributed by atoms with Crippen LogP contribution in [0.25, 0.3) is 11.0 Å². The maximum atomic E-state index is 13.5. The molecule has 0 unspecified atom stereocenters. The van der Waals surface area contributed by atoms with Crippen molar-refractivity contribution in [1.82, 2.24) is 14.5 Å². The molecule has 4 aromatic rings. The first-order valence-corrected chi connectivity index (χ1v) is 11.8. The lowest BCUT2D eigenvalue weighted by Crippen LogP contribution is -2.14. The number of nitrogens with zero attached hydrogens (tertiary/aromatic N) is 3. The van der Waals surface area contributed by atoms with E-state index in [1.807, 2.05) is 13.8 Å². The molecule has 0 fully saturated rings. The third-order valence-electron chi connectivity index (χ3n) is 5.06. The molecule has 0 aliphatic heterocycles. The number of nitrogens with two attached hydrogens (primary N) is 1. The van der Waals surface area contributed by atoms with Crippen molar-refractivity contribution in [3.05, 3.63) is 76.7 Å². The van der Waals surface area contributed by atoms with Gasteiger partial charge in [0.25, 0.3) is 10.0 Å². The third-order valence-corrected chi connectivity index (χ3v) is 6.73. The highest BCUT2D eigenvalue weighted by molar-refractivity contribution is 7.92. The van der Waals surface area contributed by atoms with Gasteiger partial charge in [-0.2, -0.15) is 0 Å². The van der Waals surface area contributed by atoms with Crippen molar-refractivity contribution in [1.29, 1.82) is 0 Å². The van der Waals surface area contributed by atoms with Crippen molar-refractivity contribution in [2.24, 2.45) is 0 Å². The van der Waals surface area contributed by atoms with Crippen LogP contribution in [0.1, 0.15) is 35.8 Å². The fraction of sp³-hybridized carbons (Fsp3) is 0.136. The highest BCUT2D eigenvalue weighted by atomic mass is 35.5. The number of benzene rings is 2. The third kappa shape index (κ3) is 4.31. The summed E-state index contributed by atoms with van der Waals surface area (Å²) in [6.07, 6.45) is 2.91. The summed E-state index contributed by atoms with van der Waals surface area (Å²) in [7, 11) is -4.41. The largest absolute Gasteiger partial charge is 0.383 e. The minimum absolute atomic E-state index is 0.0237. The Bertz CT molecular complexity index is 1530. The van der Waals surface area contributed by atoms with Crippen LogP contribution >= 0.6 is 11.6 Å². The normalized spacial score (nSPS) is 11.8. The first-order valence-electron chi connectivity index (χ1n) is 9.92. The van der Waals surface area contributed by atoms with Crippen molar-refractivity contribution < 1.29 is 22.0 Å². The number of fused-ring (bicyclic) bond motifs is 1. The highest BCUT2D eigenvalue weighted by Crippen LogP contribution is 2.31. The Balaban J connectivity index is 1.77. The lowest BCUT2D eigenvalue weighted by atomic mass is 10.0. The molecule has 0 amide bonds. The second-order valence-corrected chi connectivity index (χ2v) is 9.83. The van der Waals surface area contributed by atoms with E-state index in [1.165, 1.54) is 24.5 Å². The summed E-state index contributed by atoms with van der Waals surface area (Å²) in [5, 5.41) is 0.345. The summed E-state index contributed by atoms with van der Waals surface area (Å²) in [4.78, 5) is 21.0. The Morgan fingerprint density at radius 1 is 1.12 bits per heavy atom. The summed E-state index contributed by atoms with van der Waals surface area (Å²) in [6, 6.07) is 5.83. The zero-order valence-corrected chi connectivity index (χ0v) is 19.5. The van der Waals surface area contributed by atoms with E-state index in [1.54, 1.807) is 10.8 Å². The summed E-state index contributed by atoms with van der Waals surface area (Å²) in [5.41, 5.74) is 6.68. The first kappa shape index (κ1) is 23.6. The summed E-state index contributed by atoms with van der Waals surface area (Å²) >= 11 is 6.14. The summed E-state index contributed by atoms with van der Waals surface area (Å²) in [6.45, 7) is 3.83. The molecule has 0 atom stereocenters. The van der Waals surface area contributed by atoms with Crippen LogP contribution in [0.5, 0.6) is 0 Å². The van der Waals surface area contributed by atoms with E-state index < -0.39 is 32.3 Å². The van der Waals surface area contributed by atoms with Crippen molar-refractivity contribution in [2.75, 3.05) is 10.5 Å². The number of ketones is 1. The van der Waals surface area contributed by atoms with Crippen LogP contribution in [-0.2, 0) is 10.0 Å². The van der Waals surface area contributed by atoms with Gasteiger partial charge in [0.05, 0.1) is 26.6 Å². The smallest absolute Gasteiger partial charge is 0.262 e. The number of hydrogen-bond acceptors (Lipinski definition) is 6. The van der Waals surface area contributed by atoms with Crippen LogP contribution in [-0.4, -0.2) is 28.7 Å². The van der Waals surface area contributed by atoms with Gasteiger partial charge in [0.15, 0.2) is 5.78 Å². The van der Waals surface area contributed by atoms with E-state index in [2.05, 4.69) is 14.7 Å². The standard InChI is InChI=1S/C22H18ClF2N5O3S/c1-11(2)30-9-16(19-21(26)27-10-28-22(19)30)20(31)12-3-4-17(23)18(5-12)29-34(32,33)15-7-13(24)6-14(25)8-15/h3-11,29H,1-2H3,(H2,26,27,28). The van der Waals surface area contributed by atoms with Crippen LogP contribution in [0.2, 0.25) is 5.02 Å². The Morgan fingerprint density at radius 3 is 2.44 bits per heavy atom. The lowest BCUT2D eigenvalue weighted by Gasteiger charge is -2.11. The molecule has 0 saturated heterocycles. The molecule has 2 heterocycles. The minimum Gasteiger partial charge on any atom is -0.383 e. The molecule has 2 aromatic carbocycles. The average molecular weight is 506 g/mol. The SMILES string of the molecule is CC(C)n1cc(C(=O)c2ccc(Cl)c(NS(=O)(=O)c3cc(F)cc(F)c3)c2)c2c(N)ncnc21. The van der Waals surface area contributed by atoms with Crippen molar-refractivity contribution in [3.8, 4) is 0 Å². The van der Waals surface area contributed by atoms with E-state index in [9.17, 15) is 22.0 Å². The molecule has 0 spiro atoms. The second kappa shape index (κ2) is 8.65. The number of anilines is 2. The number of aromatic nitrogens is 3. The predicted molar refractivity (Wildman–Crippen MR) is 124 cm³/mol. The van der Waals surface area contributed by atoms with Crippen molar-refractivity contribution >= 4 is 49.9 Å². The number of halogens is 3. The molecule has 4 rings (SSSR count). The molecule has 34 heavy (non-hydrogen) atoms. The fourth-order valence-electron chi connectivity index (χ4n) is 3.46. The number of nitrogens with one attached hydrogen (secondary N) is 1. The predicted octanol–water partition coefficient (Wildman–Crippen LogP) is 4.56. The minimum atomic E-state index is -4.41. The second-order valence-electron chi connectivity index (χ2n) is 7.74. The van der Waals surface area contributed by atoms with Gasteiger partial charge in [0.2, 0.25) is 0 Å². The topological polar surface area (TPSA) is 120 Å². The van der Waals surface area contributed by atoms with Crippen LogP contribution in [0.3, 0.4) is 0 Å². The fourth-order valence-corrected chi connectivity index (χ4v) is 4.79. The molecule has 8 nitrogen and oxygen atoms in total. The van der Waals surface area contributed by atoms with Crippen molar-refractivity contribution in [3.63, 3.8) is 0 Å². The van der Waals surface area contributed by atoms with Gasteiger partial charge in [-0.15, -0.1) is 0 Å². The average Bonchev–Trinajstić information content (AvgIpc) is 3.15. The number of carbonyl (C=O) groups excluding carboxylic acids is 1. The number of hydrogen-bond donors (Lipinski definition) is 2. The van der Waals surface area contributed by atoms with Crippen LogP contribution in [0.4, 0.5) is 20.3 Å². The molecule has 0 bridgehead atoms. The summed E-state index contributed by atoms with van der Waals surface area (Å²) in [5.74, 6) is -2.47. The first-order chi connectivity index (χ1) is 16.0. The van der Waals surface area contributed by atoms with Crippen LogP contribution < -0.4 is 10.5 Å². The Hall–Kier alpha value is -3.57. The van der Waals surface area contributed by atoms with Crippen LogP contribution in [0, 0.1) is 11.6 Å². The van der Waals surface area contributed by atoms with E-state index in [-0.39, 0.29) is 33.7 Å². The Kier molecular flexibility index (Phi) is 6.00. The van der Waals surface area contributed by atoms with Gasteiger partial charge >= 0.3 is 0 Å². The monoisotopic (exact) mass is 505 g/mol. The van der Waals surface area contributed by atoms with Gasteiger partial charge in [-0.3, -0.25) is 9.52 Å². The van der Waals surface area contributed by atoms with E-state index in [4.69, 9.17) is 17.3 Å². The van der Waals surface area contributed by atoms with E-state index >= 15 is 0 Å². The molecule has 0 saturated carbocycles. The maximum absolute atomic E-state index is 13.5. The van der Waals surface area contributed by atoms with Crippen LogP contribution in [0.15, 0.2) is 53.8 Å². The van der Waals surface area contributed by atoms with E-state index in [0.29, 0.717) is 29.2 Å². The van der Waals surface area contributed by atoms with Gasteiger partial charge in [0.1, 0.15) is 29.4 Å². The Labute approximate surface area is 198 Å². The molecular formula is C22H18ClF2N5O3S. The Morgan fingerprint density at radius 2 is 1.79 bits per heavy atom. The number of nitrogen functional groups attached to an aromatic ring is 1. The molecule has 176 valence electrons. The van der Waals surface area contributed by atoms with Gasteiger partial charge < -0.3 is 10.3 Å². The van der Waals surface area contributed by atoms with Gasteiger partial charge in [-0.25, -0.2) is 27.2 Å².